The highest BCUT2D eigenvalue weighted by Crippen LogP contribution is 2.43. The fraction of sp³-hybridized carbons (Fsp3) is 0.929. The summed E-state index contributed by atoms with van der Waals surface area (Å²) < 4.78 is 13.0. The molecule has 1 rings (SSSR count). The molecule has 0 N–H and O–H groups in total. The molecule has 0 radical (unpaired) electrons. The molecule has 5 nitrogen and oxygen atoms in total. The van der Waals surface area contributed by atoms with Gasteiger partial charge in [0.25, 0.3) is 0 Å². The van der Waals surface area contributed by atoms with Gasteiger partial charge in [0.05, 0.1) is 23.4 Å². The highest BCUT2D eigenvalue weighted by Gasteiger charge is 2.47. The number of rotatable bonds is 11. The van der Waals surface area contributed by atoms with E-state index in [1.807, 2.05) is 34.6 Å². The van der Waals surface area contributed by atoms with E-state index in [-0.39, 0.29) is 34.2 Å². The Morgan fingerprint density at radius 1 is 0.818 bits per heavy atom. The molecule has 0 spiro atoms. The van der Waals surface area contributed by atoms with Crippen LogP contribution in [0.4, 0.5) is 0 Å². The highest BCUT2D eigenvalue weighted by molar-refractivity contribution is 6.04. The number of carbonyl (C=O) groups is 2. The minimum atomic E-state index is -0.603. The number of imide groups is 1. The van der Waals surface area contributed by atoms with Gasteiger partial charge in [-0.05, 0) is 85.5 Å². The van der Waals surface area contributed by atoms with Crippen LogP contribution in [0.15, 0.2) is 0 Å². The fourth-order valence-corrected chi connectivity index (χ4v) is 5.66. The summed E-state index contributed by atoms with van der Waals surface area (Å²) in [5, 5.41) is 0. The van der Waals surface area contributed by atoms with E-state index in [0.717, 1.165) is 12.8 Å². The lowest BCUT2D eigenvalue weighted by molar-refractivity contribution is -0.168. The van der Waals surface area contributed by atoms with Crippen LogP contribution >= 0.6 is 0 Å². The maximum Gasteiger partial charge on any atom is 0.233 e. The summed E-state index contributed by atoms with van der Waals surface area (Å²) in [6.07, 6.45) is 2.69. The zero-order valence-electron chi connectivity index (χ0n) is 24.2. The van der Waals surface area contributed by atoms with Gasteiger partial charge in [0.15, 0.2) is 0 Å². The van der Waals surface area contributed by atoms with Crippen molar-refractivity contribution in [1.29, 1.82) is 0 Å². The fourth-order valence-electron chi connectivity index (χ4n) is 5.66. The normalized spacial score (nSPS) is 19.6. The van der Waals surface area contributed by atoms with Gasteiger partial charge in [-0.15, -0.1) is 0 Å². The van der Waals surface area contributed by atoms with Crippen molar-refractivity contribution in [1.82, 2.24) is 4.90 Å². The summed E-state index contributed by atoms with van der Waals surface area (Å²) in [6.45, 7) is 30.4. The first-order chi connectivity index (χ1) is 14.4. The van der Waals surface area contributed by atoms with Gasteiger partial charge in [-0.25, -0.2) is 0 Å². The number of carbonyl (C=O) groups excluding carboxylic acids is 2. The van der Waals surface area contributed by atoms with Gasteiger partial charge < -0.3 is 9.47 Å². The number of amides is 2. The summed E-state index contributed by atoms with van der Waals surface area (Å²) >= 11 is 0. The maximum absolute atomic E-state index is 12.6. The zero-order valence-corrected chi connectivity index (χ0v) is 24.2. The van der Waals surface area contributed by atoms with E-state index in [0.29, 0.717) is 19.4 Å². The zero-order chi connectivity index (χ0) is 26.3. The Morgan fingerprint density at radius 2 is 1.33 bits per heavy atom. The van der Waals surface area contributed by atoms with Crippen LogP contribution in [-0.2, 0) is 19.1 Å². The van der Waals surface area contributed by atoms with Gasteiger partial charge in [0.2, 0.25) is 11.8 Å². The van der Waals surface area contributed by atoms with Gasteiger partial charge in [-0.2, -0.15) is 0 Å². The minimum absolute atomic E-state index is 0.0332. The molecule has 0 saturated carbocycles. The van der Waals surface area contributed by atoms with Crippen LogP contribution in [0.3, 0.4) is 0 Å². The second-order valence-electron chi connectivity index (χ2n) is 14.5. The quantitative estimate of drug-likeness (QED) is 0.315. The molecule has 1 fully saturated rings. The molecule has 1 saturated heterocycles. The number of nitrogens with zero attached hydrogens (tertiary/aromatic N) is 1. The van der Waals surface area contributed by atoms with Gasteiger partial charge in [-0.3, -0.25) is 14.5 Å². The van der Waals surface area contributed by atoms with E-state index in [4.69, 9.17) is 9.47 Å². The first kappa shape index (κ1) is 30.1. The second kappa shape index (κ2) is 9.60. The van der Waals surface area contributed by atoms with Gasteiger partial charge >= 0.3 is 0 Å². The molecule has 0 bridgehead atoms. The molecule has 5 heteroatoms. The number of hydrogen-bond acceptors (Lipinski definition) is 4. The van der Waals surface area contributed by atoms with Crippen molar-refractivity contribution in [2.24, 2.45) is 16.7 Å². The lowest BCUT2D eigenvalue weighted by atomic mass is 9.67. The predicted molar refractivity (Wildman–Crippen MR) is 136 cm³/mol. The van der Waals surface area contributed by atoms with Crippen molar-refractivity contribution in [3.05, 3.63) is 0 Å². The van der Waals surface area contributed by atoms with E-state index >= 15 is 0 Å². The molecule has 0 aromatic carbocycles. The molecule has 2 amide bonds. The van der Waals surface area contributed by atoms with Crippen molar-refractivity contribution in [3.8, 4) is 0 Å². The third-order valence-electron chi connectivity index (χ3n) is 7.16. The third kappa shape index (κ3) is 8.35. The monoisotopic (exact) mass is 467 g/mol. The topological polar surface area (TPSA) is 55.8 Å². The summed E-state index contributed by atoms with van der Waals surface area (Å²) in [4.78, 5) is 26.5. The number of likely N-dealkylation sites (tertiary alicyclic amines) is 1. The number of ether oxygens (including phenoxy) is 2. The smallest absolute Gasteiger partial charge is 0.233 e. The van der Waals surface area contributed by atoms with Crippen molar-refractivity contribution >= 4 is 11.8 Å². The summed E-state index contributed by atoms with van der Waals surface area (Å²) in [5.41, 5.74) is -1.52. The second-order valence-corrected chi connectivity index (χ2v) is 14.5. The van der Waals surface area contributed by atoms with Gasteiger partial charge in [0.1, 0.15) is 0 Å². The molecular formula is C28H53NO4. The van der Waals surface area contributed by atoms with Crippen LogP contribution in [0.1, 0.15) is 123 Å². The first-order valence-corrected chi connectivity index (χ1v) is 12.6. The lowest BCUT2D eigenvalue weighted by Gasteiger charge is -2.46. The van der Waals surface area contributed by atoms with Crippen LogP contribution in [0, 0.1) is 16.7 Å². The van der Waals surface area contributed by atoms with E-state index in [9.17, 15) is 9.59 Å². The van der Waals surface area contributed by atoms with Crippen molar-refractivity contribution in [2.45, 2.75) is 145 Å². The Morgan fingerprint density at radius 3 is 1.76 bits per heavy atom. The standard InChI is InChI=1S/C28H53NO4/c1-20-17-21(30)29(22(20)31)25(7,8)19-27(11,12)33-26(9,10)15-16-32-28(13,14)24(5,6)18-23(2,3)4/h20H,15-19H2,1-14H3. The largest absolute Gasteiger partial charge is 0.375 e. The minimum Gasteiger partial charge on any atom is -0.375 e. The molecule has 1 aliphatic heterocycles. The van der Waals surface area contributed by atoms with Crippen molar-refractivity contribution in [3.63, 3.8) is 0 Å². The average molecular weight is 468 g/mol. The summed E-state index contributed by atoms with van der Waals surface area (Å²) in [6, 6.07) is 0. The Kier molecular flexibility index (Phi) is 8.76. The highest BCUT2D eigenvalue weighted by atomic mass is 16.5. The Balaban J connectivity index is 2.76. The van der Waals surface area contributed by atoms with E-state index in [2.05, 4.69) is 62.3 Å². The Hall–Kier alpha value is -0.940. The third-order valence-corrected chi connectivity index (χ3v) is 7.16. The predicted octanol–water partition coefficient (Wildman–Crippen LogP) is 6.77. The van der Waals surface area contributed by atoms with Gasteiger partial charge in [-0.1, -0.05) is 41.5 Å². The Labute approximate surface area is 204 Å². The molecule has 1 unspecified atom stereocenters. The Bertz CT molecular complexity index is 710. The average Bonchev–Trinajstić information content (AvgIpc) is 2.74. The molecular weight excluding hydrogens is 414 g/mol. The van der Waals surface area contributed by atoms with E-state index in [1.54, 1.807) is 0 Å². The molecule has 33 heavy (non-hydrogen) atoms. The molecule has 194 valence electrons. The molecule has 1 aliphatic rings. The van der Waals surface area contributed by atoms with E-state index < -0.39 is 16.7 Å². The SMILES string of the molecule is CC1CC(=O)N(C(C)(C)CC(C)(C)OC(C)(C)CCOC(C)(C)C(C)(C)CC(C)(C)C)C1=O. The van der Waals surface area contributed by atoms with Crippen LogP contribution in [0.25, 0.3) is 0 Å². The summed E-state index contributed by atoms with van der Waals surface area (Å²) in [5.74, 6) is -0.394. The maximum atomic E-state index is 12.6. The molecule has 1 heterocycles. The van der Waals surface area contributed by atoms with Crippen LogP contribution in [0.5, 0.6) is 0 Å². The van der Waals surface area contributed by atoms with E-state index in [1.165, 1.54) is 4.90 Å². The van der Waals surface area contributed by atoms with Gasteiger partial charge in [0, 0.05) is 17.9 Å². The number of hydrogen-bond donors (Lipinski definition) is 0. The first-order valence-electron chi connectivity index (χ1n) is 12.6. The lowest BCUT2D eigenvalue weighted by Crippen LogP contribution is -2.53. The van der Waals surface area contributed by atoms with Crippen LogP contribution < -0.4 is 0 Å². The molecule has 0 aromatic heterocycles. The van der Waals surface area contributed by atoms with Crippen LogP contribution in [0.2, 0.25) is 0 Å². The summed E-state index contributed by atoms with van der Waals surface area (Å²) in [7, 11) is 0. The van der Waals surface area contributed by atoms with Crippen LogP contribution in [-0.4, -0.2) is 45.7 Å². The molecule has 0 aliphatic carbocycles. The van der Waals surface area contributed by atoms with Crippen molar-refractivity contribution in [2.75, 3.05) is 6.61 Å². The molecule has 0 aromatic rings. The van der Waals surface area contributed by atoms with Crippen molar-refractivity contribution < 1.29 is 19.1 Å². The molecule has 1 atom stereocenters.